The van der Waals surface area contributed by atoms with Crippen LogP contribution in [0.2, 0.25) is 0 Å². The number of rotatable bonds is 10. The Bertz CT molecular complexity index is 1310. The summed E-state index contributed by atoms with van der Waals surface area (Å²) in [5, 5.41) is 21.9. The molecule has 0 aromatic heterocycles. The van der Waals surface area contributed by atoms with Crippen molar-refractivity contribution < 1.29 is 43.5 Å². The number of carbonyl (C=O) groups is 2. The van der Waals surface area contributed by atoms with E-state index in [9.17, 15) is 19.8 Å². The van der Waals surface area contributed by atoms with Gasteiger partial charge in [-0.1, -0.05) is 5.92 Å². The molecule has 1 aliphatic carbocycles. The van der Waals surface area contributed by atoms with Crippen LogP contribution in [0.25, 0.3) is 0 Å². The zero-order valence-electron chi connectivity index (χ0n) is 24.9. The van der Waals surface area contributed by atoms with E-state index in [1.54, 1.807) is 27.9 Å². The van der Waals surface area contributed by atoms with Crippen LogP contribution in [0.4, 0.5) is 0 Å². The summed E-state index contributed by atoms with van der Waals surface area (Å²) >= 11 is 0. The molecule has 2 N–H and O–H groups in total. The summed E-state index contributed by atoms with van der Waals surface area (Å²) in [4.78, 5) is 29.0. The van der Waals surface area contributed by atoms with Gasteiger partial charge in [0.25, 0.3) is 0 Å². The molecule has 0 amide bonds. The monoisotopic (exact) mass is 583 g/mol. The predicted molar refractivity (Wildman–Crippen MR) is 152 cm³/mol. The second-order valence-corrected chi connectivity index (χ2v) is 12.3. The predicted octanol–water partition coefficient (Wildman–Crippen LogP) is 2.97. The number of fused-ring (bicyclic) bond motifs is 3. The zero-order valence-corrected chi connectivity index (χ0v) is 24.9. The Hall–Kier alpha value is -3.26. The highest BCUT2D eigenvalue weighted by molar-refractivity contribution is 5.86. The Morgan fingerprint density at radius 2 is 1.93 bits per heavy atom. The molecule has 228 valence electrons. The Labute approximate surface area is 246 Å². The lowest BCUT2D eigenvalue weighted by molar-refractivity contribution is -0.179. The van der Waals surface area contributed by atoms with Crippen LogP contribution in [0.15, 0.2) is 24.0 Å². The van der Waals surface area contributed by atoms with Crippen molar-refractivity contribution in [1.29, 1.82) is 0 Å². The minimum absolute atomic E-state index is 0.0969. The van der Waals surface area contributed by atoms with Gasteiger partial charge in [-0.05, 0) is 95.2 Å². The van der Waals surface area contributed by atoms with E-state index in [2.05, 4.69) is 22.8 Å². The molecule has 1 aromatic carbocycles. The van der Waals surface area contributed by atoms with Crippen molar-refractivity contribution in [3.05, 3.63) is 35.1 Å². The van der Waals surface area contributed by atoms with Crippen molar-refractivity contribution in [1.82, 2.24) is 4.90 Å². The van der Waals surface area contributed by atoms with Gasteiger partial charge >= 0.3 is 11.9 Å². The second-order valence-electron chi connectivity index (χ2n) is 12.3. The molecule has 4 aliphatic rings. The van der Waals surface area contributed by atoms with Crippen LogP contribution in [-0.4, -0.2) is 83.5 Å². The number of esters is 2. The Balaban J connectivity index is 1.47. The third kappa shape index (κ3) is 5.83. The summed E-state index contributed by atoms with van der Waals surface area (Å²) in [6.45, 7) is 6.66. The summed E-state index contributed by atoms with van der Waals surface area (Å²) in [7, 11) is 1.55. The van der Waals surface area contributed by atoms with Gasteiger partial charge in [0.05, 0.1) is 30.6 Å². The molecule has 5 rings (SSSR count). The number of nitrogens with zero attached hydrogens (tertiary/aromatic N) is 1. The van der Waals surface area contributed by atoms with E-state index in [0.29, 0.717) is 23.7 Å². The van der Waals surface area contributed by atoms with Gasteiger partial charge in [-0.25, -0.2) is 4.79 Å². The molecule has 10 heteroatoms. The van der Waals surface area contributed by atoms with Crippen molar-refractivity contribution in [2.45, 2.75) is 94.5 Å². The van der Waals surface area contributed by atoms with Crippen LogP contribution in [0.5, 0.6) is 11.5 Å². The molecule has 1 aromatic rings. The van der Waals surface area contributed by atoms with E-state index < -0.39 is 41.2 Å². The average molecular weight is 584 g/mol. The van der Waals surface area contributed by atoms with Crippen LogP contribution in [0.1, 0.15) is 76.3 Å². The number of hydrogen-bond acceptors (Lipinski definition) is 10. The minimum atomic E-state index is -2.17. The largest absolute Gasteiger partial charge is 0.497 e. The standard InChI is InChI=1S/C32H41NO9/c1-5-6-15-39-26(34)19-32(37,12-7-10-30(2,3)36)29(35)42-28-25(38-4)18-31-11-8-13-33(31)14-9-21-16-23-24(41-20-40-23)17-22(21)27(28)31/h16-18,27-28,36-37H,7-15,19-20H2,1-4H3. The number of hydrogen-bond donors (Lipinski definition) is 2. The van der Waals surface area contributed by atoms with E-state index in [-0.39, 0.29) is 32.2 Å². The van der Waals surface area contributed by atoms with Crippen molar-refractivity contribution >= 4 is 11.9 Å². The van der Waals surface area contributed by atoms with Gasteiger partial charge in [-0.15, -0.1) is 5.92 Å². The molecule has 1 spiro atoms. The quantitative estimate of drug-likeness (QED) is 0.314. The van der Waals surface area contributed by atoms with Crippen molar-refractivity contribution in [3.63, 3.8) is 0 Å². The average Bonchev–Trinajstić information content (AvgIpc) is 3.61. The first-order chi connectivity index (χ1) is 20.0. The molecule has 0 bridgehead atoms. The third-order valence-electron chi connectivity index (χ3n) is 8.88. The number of methoxy groups -OCH3 is 1. The Morgan fingerprint density at radius 3 is 2.64 bits per heavy atom. The molecule has 3 aliphatic heterocycles. The lowest BCUT2D eigenvalue weighted by atomic mass is 9.77. The van der Waals surface area contributed by atoms with Gasteiger partial charge in [-0.3, -0.25) is 9.69 Å². The van der Waals surface area contributed by atoms with Crippen LogP contribution < -0.4 is 9.47 Å². The first-order valence-electron chi connectivity index (χ1n) is 14.6. The van der Waals surface area contributed by atoms with E-state index in [1.807, 2.05) is 12.1 Å². The van der Waals surface area contributed by atoms with Gasteiger partial charge in [0.2, 0.25) is 6.79 Å². The molecule has 4 unspecified atom stereocenters. The highest BCUT2D eigenvalue weighted by atomic mass is 16.7. The molecule has 10 nitrogen and oxygen atoms in total. The van der Waals surface area contributed by atoms with Crippen molar-refractivity contribution in [2.75, 3.05) is 33.6 Å². The van der Waals surface area contributed by atoms with Gasteiger partial charge in [0.15, 0.2) is 29.8 Å². The molecular formula is C32H41NO9. The third-order valence-corrected chi connectivity index (χ3v) is 8.88. The van der Waals surface area contributed by atoms with E-state index in [1.165, 1.54) is 0 Å². The van der Waals surface area contributed by atoms with Gasteiger partial charge < -0.3 is 33.9 Å². The number of aliphatic hydroxyl groups is 2. The molecule has 0 radical (unpaired) electrons. The number of carbonyl (C=O) groups excluding carboxylic acids is 2. The van der Waals surface area contributed by atoms with E-state index in [0.717, 1.165) is 43.5 Å². The van der Waals surface area contributed by atoms with Crippen LogP contribution in [0, 0.1) is 11.8 Å². The Kier molecular flexibility index (Phi) is 8.48. The molecule has 1 fully saturated rings. The maximum atomic E-state index is 13.9. The number of benzene rings is 1. The fraction of sp³-hybridized carbons (Fsp3) is 0.625. The first-order valence-corrected chi connectivity index (χ1v) is 14.6. The van der Waals surface area contributed by atoms with Gasteiger partial charge in [0, 0.05) is 6.54 Å². The fourth-order valence-corrected chi connectivity index (χ4v) is 6.87. The lowest BCUT2D eigenvalue weighted by Crippen LogP contribution is -2.49. The summed E-state index contributed by atoms with van der Waals surface area (Å²) in [5.74, 6) is 5.12. The molecule has 0 saturated carbocycles. The van der Waals surface area contributed by atoms with Crippen LogP contribution in [0.3, 0.4) is 0 Å². The minimum Gasteiger partial charge on any atom is -0.497 e. The van der Waals surface area contributed by atoms with E-state index in [4.69, 9.17) is 23.7 Å². The highest BCUT2D eigenvalue weighted by Crippen LogP contribution is 2.55. The molecule has 3 heterocycles. The highest BCUT2D eigenvalue weighted by Gasteiger charge is 2.59. The smallest absolute Gasteiger partial charge is 0.339 e. The molecule has 1 saturated heterocycles. The van der Waals surface area contributed by atoms with Gasteiger partial charge in [-0.2, -0.15) is 0 Å². The molecule has 42 heavy (non-hydrogen) atoms. The lowest BCUT2D eigenvalue weighted by Gasteiger charge is -2.39. The summed E-state index contributed by atoms with van der Waals surface area (Å²) < 4.78 is 28.6. The van der Waals surface area contributed by atoms with Crippen LogP contribution >= 0.6 is 0 Å². The zero-order chi connectivity index (χ0) is 30.1. The maximum absolute atomic E-state index is 13.9. The summed E-state index contributed by atoms with van der Waals surface area (Å²) in [6, 6.07) is 4.00. The molecular weight excluding hydrogens is 542 g/mol. The Morgan fingerprint density at radius 1 is 1.17 bits per heavy atom. The van der Waals surface area contributed by atoms with Crippen molar-refractivity contribution in [2.24, 2.45) is 0 Å². The van der Waals surface area contributed by atoms with Crippen LogP contribution in [-0.2, 0) is 30.2 Å². The first kappa shape index (κ1) is 30.2. The molecule has 4 atom stereocenters. The number of ether oxygens (including phenoxy) is 5. The second kappa shape index (κ2) is 11.8. The van der Waals surface area contributed by atoms with Crippen molar-refractivity contribution in [3.8, 4) is 23.3 Å². The SMILES string of the molecule is CC#CCOC(=O)CC(O)(CCCC(C)(C)O)C(=O)OC1C(OC)=CC23CCCN2CCc2cc4c(cc2C13)OCO4. The summed E-state index contributed by atoms with van der Waals surface area (Å²) in [6.07, 6.45) is 3.77. The van der Waals surface area contributed by atoms with Gasteiger partial charge in [0.1, 0.15) is 5.76 Å². The summed E-state index contributed by atoms with van der Waals surface area (Å²) in [5.41, 5.74) is -1.53. The maximum Gasteiger partial charge on any atom is 0.339 e. The topological polar surface area (TPSA) is 124 Å². The fourth-order valence-electron chi connectivity index (χ4n) is 6.87. The normalized spacial score (nSPS) is 25.5. The van der Waals surface area contributed by atoms with E-state index >= 15 is 0 Å².